The molecule has 14 heteroatoms. The maximum absolute atomic E-state index is 14.5. The van der Waals surface area contributed by atoms with Crippen LogP contribution in [0.4, 0.5) is 37.7 Å². The van der Waals surface area contributed by atoms with Gasteiger partial charge in [-0.25, -0.2) is 9.80 Å². The standard InChI is InChI=1S/C36H28F6N2O6/c1-34-24(31(47)44(33(34)49)19-7-4-3-5-8-19)16-23-21(29(34)28-25(45)9-6-10-26(28)50-2)11-12-22-27(23)32(48)43(30(22)46)20-14-17(35(37,38)39)13-18(15-20)36(40,41)42/h3-11,13-15,22-24,27,29,45H,12,16H2,1-2H3/t22-,23+,24-,27-,29+,34+/m0/s1. The summed E-state index contributed by atoms with van der Waals surface area (Å²) in [7, 11) is 1.35. The van der Waals surface area contributed by atoms with Gasteiger partial charge in [-0.3, -0.25) is 19.2 Å². The van der Waals surface area contributed by atoms with Crippen molar-refractivity contribution in [3.63, 3.8) is 0 Å². The second-order valence-electron chi connectivity index (χ2n) is 13.2. The molecular formula is C36H28F6N2O6. The predicted molar refractivity (Wildman–Crippen MR) is 165 cm³/mol. The molecule has 2 heterocycles. The van der Waals surface area contributed by atoms with Gasteiger partial charge in [-0.2, -0.15) is 26.3 Å². The number of hydrogen-bond donors (Lipinski definition) is 1. The van der Waals surface area contributed by atoms with Gasteiger partial charge >= 0.3 is 12.4 Å². The molecule has 8 nitrogen and oxygen atoms in total. The molecule has 260 valence electrons. The van der Waals surface area contributed by atoms with Crippen molar-refractivity contribution in [1.82, 2.24) is 0 Å². The first-order valence-corrected chi connectivity index (χ1v) is 15.7. The third-order valence-electron chi connectivity index (χ3n) is 10.7. The highest BCUT2D eigenvalue weighted by atomic mass is 19.4. The van der Waals surface area contributed by atoms with Crippen molar-refractivity contribution >= 4 is 35.0 Å². The van der Waals surface area contributed by atoms with E-state index in [0.29, 0.717) is 28.3 Å². The average Bonchev–Trinajstić information content (AvgIpc) is 3.43. The smallest absolute Gasteiger partial charge is 0.416 e. The van der Waals surface area contributed by atoms with Crippen LogP contribution in [0.25, 0.3) is 0 Å². The van der Waals surface area contributed by atoms with Gasteiger partial charge in [-0.15, -0.1) is 0 Å². The minimum Gasteiger partial charge on any atom is -0.508 e. The molecule has 0 radical (unpaired) electrons. The number of allylic oxidation sites excluding steroid dienone is 2. The van der Waals surface area contributed by atoms with Crippen LogP contribution in [0.3, 0.4) is 0 Å². The summed E-state index contributed by atoms with van der Waals surface area (Å²) in [4.78, 5) is 58.2. The number of amides is 4. The lowest BCUT2D eigenvalue weighted by molar-refractivity contribution is -0.143. The number of phenolic OH excluding ortho intramolecular Hbond substituents is 1. The van der Waals surface area contributed by atoms with Crippen LogP contribution in [0.5, 0.6) is 11.5 Å². The third kappa shape index (κ3) is 4.74. The maximum atomic E-state index is 14.5. The van der Waals surface area contributed by atoms with Gasteiger partial charge in [0.2, 0.25) is 23.6 Å². The summed E-state index contributed by atoms with van der Waals surface area (Å²) in [5.41, 5.74) is -4.90. The number of nitrogens with zero attached hydrogens (tertiary/aromatic N) is 2. The van der Waals surface area contributed by atoms with Gasteiger partial charge in [-0.05, 0) is 68.1 Å². The second-order valence-corrected chi connectivity index (χ2v) is 13.2. The van der Waals surface area contributed by atoms with Crippen molar-refractivity contribution < 1.29 is 55.4 Å². The molecule has 3 fully saturated rings. The van der Waals surface area contributed by atoms with Crippen molar-refractivity contribution in [3.8, 4) is 11.5 Å². The zero-order chi connectivity index (χ0) is 36.1. The molecule has 4 amide bonds. The molecule has 6 atom stereocenters. The summed E-state index contributed by atoms with van der Waals surface area (Å²) in [6, 6.07) is 13.2. The van der Waals surface area contributed by atoms with E-state index in [1.165, 1.54) is 19.2 Å². The lowest BCUT2D eigenvalue weighted by Gasteiger charge is -2.49. The molecule has 3 aromatic carbocycles. The molecule has 2 aliphatic carbocycles. The number of alkyl halides is 6. The molecule has 2 aliphatic heterocycles. The molecule has 7 rings (SSSR count). The highest BCUT2D eigenvalue weighted by Gasteiger charge is 2.68. The number of imide groups is 2. The van der Waals surface area contributed by atoms with Gasteiger partial charge in [0.1, 0.15) is 11.5 Å². The number of carbonyl (C=O) groups excluding carboxylic acids is 4. The average molecular weight is 699 g/mol. The lowest BCUT2D eigenvalue weighted by Crippen LogP contribution is -2.49. The SMILES string of the molecule is COc1cccc(O)c1[C@H]1C2=CC[C@@H]3C(=O)N(c4cc(C(F)(F)F)cc(C(F)(F)F)c4)C(=O)[C@@H]3[C@@H]2C[C@H]2C(=O)N(c3ccccc3)C(=O)[C@@]12C. The number of fused-ring (bicyclic) bond motifs is 4. The normalized spacial score (nSPS) is 28.0. The van der Waals surface area contributed by atoms with Crippen LogP contribution in [-0.2, 0) is 31.5 Å². The van der Waals surface area contributed by atoms with Gasteiger partial charge < -0.3 is 9.84 Å². The number of hydrogen-bond acceptors (Lipinski definition) is 6. The van der Waals surface area contributed by atoms with Gasteiger partial charge in [0.05, 0.1) is 52.8 Å². The van der Waals surface area contributed by atoms with Crippen LogP contribution in [0.15, 0.2) is 78.4 Å². The van der Waals surface area contributed by atoms with Crippen molar-refractivity contribution in [2.45, 2.75) is 38.0 Å². The molecule has 0 spiro atoms. The molecule has 0 aromatic heterocycles. The number of phenols is 1. The number of methoxy groups -OCH3 is 1. The number of anilines is 2. The number of para-hydroxylation sites is 1. The predicted octanol–water partition coefficient (Wildman–Crippen LogP) is 6.87. The van der Waals surface area contributed by atoms with E-state index in [-0.39, 0.29) is 36.0 Å². The zero-order valence-corrected chi connectivity index (χ0v) is 26.4. The van der Waals surface area contributed by atoms with Crippen LogP contribution in [0.2, 0.25) is 0 Å². The zero-order valence-electron chi connectivity index (χ0n) is 26.4. The first-order valence-electron chi connectivity index (χ1n) is 15.7. The quantitative estimate of drug-likeness (QED) is 0.181. The Morgan fingerprint density at radius 3 is 2.02 bits per heavy atom. The van der Waals surface area contributed by atoms with Gasteiger partial charge in [-0.1, -0.05) is 35.9 Å². The van der Waals surface area contributed by atoms with E-state index in [4.69, 9.17) is 4.74 Å². The first-order chi connectivity index (χ1) is 23.5. The van der Waals surface area contributed by atoms with Gasteiger partial charge in [0.15, 0.2) is 0 Å². The van der Waals surface area contributed by atoms with Crippen molar-refractivity contribution in [1.29, 1.82) is 0 Å². The van der Waals surface area contributed by atoms with Crippen LogP contribution in [-0.4, -0.2) is 35.8 Å². The molecule has 4 aliphatic rings. The Bertz CT molecular complexity index is 1960. The number of rotatable bonds is 4. The Morgan fingerprint density at radius 1 is 0.780 bits per heavy atom. The highest BCUT2D eigenvalue weighted by Crippen LogP contribution is 2.65. The van der Waals surface area contributed by atoms with E-state index in [1.807, 2.05) is 0 Å². The lowest BCUT2D eigenvalue weighted by atomic mass is 9.51. The Balaban J connectivity index is 1.38. The molecular weight excluding hydrogens is 670 g/mol. The number of ether oxygens (including phenoxy) is 1. The van der Waals surface area contributed by atoms with E-state index < -0.39 is 87.8 Å². The Morgan fingerprint density at radius 2 is 1.42 bits per heavy atom. The van der Waals surface area contributed by atoms with Crippen LogP contribution >= 0.6 is 0 Å². The molecule has 2 saturated heterocycles. The van der Waals surface area contributed by atoms with E-state index >= 15 is 0 Å². The molecule has 50 heavy (non-hydrogen) atoms. The van der Waals surface area contributed by atoms with Gasteiger partial charge in [0, 0.05) is 11.5 Å². The van der Waals surface area contributed by atoms with Crippen molar-refractivity contribution in [3.05, 3.63) is 95.1 Å². The largest absolute Gasteiger partial charge is 0.508 e. The van der Waals surface area contributed by atoms with Crippen LogP contribution < -0.4 is 14.5 Å². The summed E-state index contributed by atoms with van der Waals surface area (Å²) in [5, 5.41) is 11.3. The summed E-state index contributed by atoms with van der Waals surface area (Å²) >= 11 is 0. The minimum atomic E-state index is -5.22. The molecule has 1 saturated carbocycles. The van der Waals surface area contributed by atoms with E-state index in [2.05, 4.69) is 0 Å². The van der Waals surface area contributed by atoms with Gasteiger partial charge in [0.25, 0.3) is 0 Å². The Labute approximate surface area is 280 Å². The van der Waals surface area contributed by atoms with E-state index in [9.17, 15) is 50.6 Å². The number of aromatic hydroxyl groups is 1. The fraction of sp³-hybridized carbons (Fsp3) is 0.333. The maximum Gasteiger partial charge on any atom is 0.416 e. The van der Waals surface area contributed by atoms with Crippen molar-refractivity contribution in [2.24, 2.45) is 29.1 Å². The number of benzene rings is 3. The Hall–Kier alpha value is -5.14. The summed E-state index contributed by atoms with van der Waals surface area (Å²) < 4.78 is 88.1. The molecule has 0 unspecified atom stereocenters. The summed E-state index contributed by atoms with van der Waals surface area (Å²) in [6.45, 7) is 1.59. The monoisotopic (exact) mass is 698 g/mol. The van der Waals surface area contributed by atoms with E-state index in [0.717, 1.165) is 4.90 Å². The number of carbonyl (C=O) groups is 4. The fourth-order valence-corrected chi connectivity index (χ4v) is 8.47. The number of halogens is 6. The van der Waals surface area contributed by atoms with Crippen molar-refractivity contribution in [2.75, 3.05) is 16.9 Å². The second kappa shape index (κ2) is 11.2. The van der Waals surface area contributed by atoms with Crippen LogP contribution in [0, 0.1) is 29.1 Å². The van der Waals surface area contributed by atoms with E-state index in [1.54, 1.807) is 49.4 Å². The molecule has 1 N–H and O–H groups in total. The first kappa shape index (κ1) is 33.4. The van der Waals surface area contributed by atoms with Crippen LogP contribution in [0.1, 0.15) is 42.4 Å². The minimum absolute atomic E-state index is 0.0886. The Kier molecular flexibility index (Phi) is 7.47. The topological polar surface area (TPSA) is 104 Å². The summed E-state index contributed by atoms with van der Waals surface area (Å²) in [6.07, 6.45) is -9.08. The third-order valence-corrected chi connectivity index (χ3v) is 10.7. The molecule has 3 aromatic rings. The summed E-state index contributed by atoms with van der Waals surface area (Å²) in [5.74, 6) is -8.85. The fourth-order valence-electron chi connectivity index (χ4n) is 8.47. The molecule has 0 bridgehead atoms. The highest BCUT2D eigenvalue weighted by molar-refractivity contribution is 6.25.